The van der Waals surface area contributed by atoms with Crippen LogP contribution in [0.2, 0.25) is 0 Å². The number of halogens is 1. The van der Waals surface area contributed by atoms with Gasteiger partial charge in [0.1, 0.15) is 5.69 Å². The first-order valence-electron chi connectivity index (χ1n) is 6.85. The molecule has 2 aromatic carbocycles. The summed E-state index contributed by atoms with van der Waals surface area (Å²) in [6.45, 7) is 1.97. The third-order valence-electron chi connectivity index (χ3n) is 3.35. The minimum atomic E-state index is -0.601. The van der Waals surface area contributed by atoms with E-state index in [2.05, 4.69) is 5.32 Å². The number of nitro benzene ring substituents is 1. The van der Waals surface area contributed by atoms with E-state index in [0.717, 1.165) is 12.0 Å². The van der Waals surface area contributed by atoms with Crippen LogP contribution in [-0.2, 0) is 6.42 Å². The topological polar surface area (TPSA) is 55.2 Å². The van der Waals surface area contributed by atoms with Gasteiger partial charge >= 0.3 is 0 Å². The zero-order valence-electron chi connectivity index (χ0n) is 11.8. The van der Waals surface area contributed by atoms with Crippen molar-refractivity contribution in [3.8, 4) is 0 Å². The molecule has 0 heterocycles. The second kappa shape index (κ2) is 6.83. The standard InChI is InChI=1S/C16H17FN2O2/c1-2-13(11-12-7-4-3-5-8-12)18-16-14(17)9-6-10-15(16)19(20)21/h3-10,13,18H,2,11H2,1H3. The first-order valence-corrected chi connectivity index (χ1v) is 6.85. The van der Waals surface area contributed by atoms with Gasteiger partial charge in [0.25, 0.3) is 5.69 Å². The summed E-state index contributed by atoms with van der Waals surface area (Å²) in [5, 5.41) is 14.0. The van der Waals surface area contributed by atoms with Gasteiger partial charge in [0.15, 0.2) is 5.82 Å². The van der Waals surface area contributed by atoms with Crippen molar-refractivity contribution in [2.24, 2.45) is 0 Å². The summed E-state index contributed by atoms with van der Waals surface area (Å²) in [6.07, 6.45) is 1.42. The van der Waals surface area contributed by atoms with Crippen LogP contribution in [0, 0.1) is 15.9 Å². The molecular formula is C16H17FN2O2. The molecule has 0 aliphatic rings. The number of rotatable bonds is 6. The molecule has 0 saturated heterocycles. The maximum Gasteiger partial charge on any atom is 0.295 e. The molecule has 0 fully saturated rings. The summed E-state index contributed by atoms with van der Waals surface area (Å²) in [4.78, 5) is 10.4. The molecule has 0 amide bonds. The lowest BCUT2D eigenvalue weighted by molar-refractivity contribution is -0.384. The van der Waals surface area contributed by atoms with Crippen LogP contribution in [0.25, 0.3) is 0 Å². The van der Waals surface area contributed by atoms with Crippen molar-refractivity contribution in [1.29, 1.82) is 0 Å². The van der Waals surface area contributed by atoms with Gasteiger partial charge in [0.2, 0.25) is 0 Å². The smallest absolute Gasteiger partial charge is 0.295 e. The minimum absolute atomic E-state index is 0.0368. The summed E-state index contributed by atoms with van der Waals surface area (Å²) >= 11 is 0. The fourth-order valence-electron chi connectivity index (χ4n) is 2.21. The molecular weight excluding hydrogens is 271 g/mol. The fourth-order valence-corrected chi connectivity index (χ4v) is 2.21. The summed E-state index contributed by atoms with van der Waals surface area (Å²) < 4.78 is 13.9. The molecule has 5 heteroatoms. The van der Waals surface area contributed by atoms with Crippen LogP contribution in [0.3, 0.4) is 0 Å². The lowest BCUT2D eigenvalue weighted by atomic mass is 10.0. The summed E-state index contributed by atoms with van der Waals surface area (Å²) in [5.74, 6) is -0.601. The molecule has 21 heavy (non-hydrogen) atoms. The molecule has 1 unspecified atom stereocenters. The Bertz CT molecular complexity index is 617. The van der Waals surface area contributed by atoms with Gasteiger partial charge in [0, 0.05) is 12.1 Å². The van der Waals surface area contributed by atoms with E-state index < -0.39 is 10.7 Å². The van der Waals surface area contributed by atoms with E-state index >= 15 is 0 Å². The second-order valence-electron chi connectivity index (χ2n) is 4.83. The number of nitro groups is 1. The molecule has 2 rings (SSSR count). The molecule has 0 bridgehead atoms. The molecule has 0 saturated carbocycles. The highest BCUT2D eigenvalue weighted by molar-refractivity contribution is 5.62. The van der Waals surface area contributed by atoms with Crippen LogP contribution in [0.1, 0.15) is 18.9 Å². The van der Waals surface area contributed by atoms with Gasteiger partial charge in [-0.1, -0.05) is 43.3 Å². The van der Waals surface area contributed by atoms with E-state index in [4.69, 9.17) is 0 Å². The number of nitrogens with one attached hydrogen (secondary N) is 1. The summed E-state index contributed by atoms with van der Waals surface area (Å²) in [6, 6.07) is 13.6. The molecule has 0 aromatic heterocycles. The highest BCUT2D eigenvalue weighted by Crippen LogP contribution is 2.28. The Morgan fingerprint density at radius 3 is 2.52 bits per heavy atom. The summed E-state index contributed by atoms with van der Waals surface area (Å²) in [5.41, 5.74) is 0.836. The Labute approximate surface area is 122 Å². The van der Waals surface area contributed by atoms with Gasteiger partial charge in [-0.2, -0.15) is 0 Å². The largest absolute Gasteiger partial charge is 0.374 e. The van der Waals surface area contributed by atoms with Gasteiger partial charge < -0.3 is 5.32 Å². The van der Waals surface area contributed by atoms with Crippen LogP contribution >= 0.6 is 0 Å². The molecule has 0 aliphatic heterocycles. The van der Waals surface area contributed by atoms with Crippen molar-refractivity contribution in [3.05, 3.63) is 70.0 Å². The predicted octanol–water partition coefficient (Wildman–Crippen LogP) is 4.17. The van der Waals surface area contributed by atoms with Crippen molar-refractivity contribution >= 4 is 11.4 Å². The number of para-hydroxylation sites is 1. The van der Waals surface area contributed by atoms with Gasteiger partial charge in [-0.05, 0) is 24.5 Å². The van der Waals surface area contributed by atoms with Crippen molar-refractivity contribution in [3.63, 3.8) is 0 Å². The zero-order chi connectivity index (χ0) is 15.2. The third kappa shape index (κ3) is 3.78. The highest BCUT2D eigenvalue weighted by atomic mass is 19.1. The average Bonchev–Trinajstić information content (AvgIpc) is 2.49. The van der Waals surface area contributed by atoms with Crippen molar-refractivity contribution in [2.45, 2.75) is 25.8 Å². The first-order chi connectivity index (χ1) is 10.1. The van der Waals surface area contributed by atoms with Crippen molar-refractivity contribution in [1.82, 2.24) is 0 Å². The van der Waals surface area contributed by atoms with Crippen LogP contribution in [0.4, 0.5) is 15.8 Å². The van der Waals surface area contributed by atoms with E-state index in [1.54, 1.807) is 0 Å². The van der Waals surface area contributed by atoms with Crippen molar-refractivity contribution < 1.29 is 9.31 Å². The fraction of sp³-hybridized carbons (Fsp3) is 0.250. The minimum Gasteiger partial charge on any atom is -0.374 e. The lowest BCUT2D eigenvalue weighted by Gasteiger charge is -2.18. The lowest BCUT2D eigenvalue weighted by Crippen LogP contribution is -2.22. The number of nitrogens with zero attached hydrogens (tertiary/aromatic N) is 1. The Morgan fingerprint density at radius 2 is 1.90 bits per heavy atom. The molecule has 4 nitrogen and oxygen atoms in total. The molecule has 1 atom stereocenters. The Morgan fingerprint density at radius 1 is 1.19 bits per heavy atom. The predicted molar refractivity (Wildman–Crippen MR) is 80.9 cm³/mol. The van der Waals surface area contributed by atoms with Gasteiger partial charge in [-0.15, -0.1) is 0 Å². The molecule has 0 aliphatic carbocycles. The monoisotopic (exact) mass is 288 g/mol. The van der Waals surface area contributed by atoms with E-state index in [0.29, 0.717) is 6.42 Å². The quantitative estimate of drug-likeness (QED) is 0.641. The van der Waals surface area contributed by atoms with Crippen LogP contribution in [0.5, 0.6) is 0 Å². The van der Waals surface area contributed by atoms with Crippen LogP contribution < -0.4 is 5.32 Å². The van der Waals surface area contributed by atoms with Crippen LogP contribution in [-0.4, -0.2) is 11.0 Å². The molecule has 1 N–H and O–H groups in total. The van der Waals surface area contributed by atoms with E-state index in [1.165, 1.54) is 18.2 Å². The molecule has 0 radical (unpaired) electrons. The van der Waals surface area contributed by atoms with Crippen LogP contribution in [0.15, 0.2) is 48.5 Å². The molecule has 2 aromatic rings. The number of hydrogen-bond acceptors (Lipinski definition) is 3. The number of benzene rings is 2. The summed E-state index contributed by atoms with van der Waals surface area (Å²) in [7, 11) is 0. The second-order valence-corrected chi connectivity index (χ2v) is 4.83. The van der Waals surface area contributed by atoms with E-state index in [9.17, 15) is 14.5 Å². The first kappa shape index (κ1) is 15.0. The maximum atomic E-state index is 13.9. The molecule has 110 valence electrons. The molecule has 0 spiro atoms. The zero-order valence-corrected chi connectivity index (χ0v) is 11.8. The highest BCUT2D eigenvalue weighted by Gasteiger charge is 2.20. The van der Waals surface area contributed by atoms with Gasteiger partial charge in [-0.25, -0.2) is 4.39 Å². The Kier molecular flexibility index (Phi) is 4.87. The van der Waals surface area contributed by atoms with Gasteiger partial charge in [-0.3, -0.25) is 10.1 Å². The average molecular weight is 288 g/mol. The van der Waals surface area contributed by atoms with E-state index in [-0.39, 0.29) is 17.4 Å². The SMILES string of the molecule is CCC(Cc1ccccc1)Nc1c(F)cccc1[N+](=O)[O-]. The number of anilines is 1. The Hall–Kier alpha value is -2.43. The van der Waals surface area contributed by atoms with Crippen molar-refractivity contribution in [2.75, 3.05) is 5.32 Å². The third-order valence-corrected chi connectivity index (χ3v) is 3.35. The number of hydrogen-bond donors (Lipinski definition) is 1. The van der Waals surface area contributed by atoms with E-state index in [1.807, 2.05) is 37.3 Å². The van der Waals surface area contributed by atoms with Gasteiger partial charge in [0.05, 0.1) is 4.92 Å². The Balaban J connectivity index is 2.21. The maximum absolute atomic E-state index is 13.9. The normalized spacial score (nSPS) is 11.9.